The van der Waals surface area contributed by atoms with Crippen molar-refractivity contribution in [3.63, 3.8) is 0 Å². The van der Waals surface area contributed by atoms with Crippen molar-refractivity contribution in [3.8, 4) is 0 Å². The number of aliphatic hydroxyl groups is 1. The summed E-state index contributed by atoms with van der Waals surface area (Å²) in [7, 11) is 3.59. The number of carbonyl (C=O) groups excluding carboxylic acids is 3. The van der Waals surface area contributed by atoms with E-state index in [-0.39, 0.29) is 60.6 Å². The SMILES string of the molecule is CCNC1C=C2C=CCCC2CC1C(CCCO)OC(=O)C12OC1(CC=C(C)CC(NC(N)=NC)C1CCNC(NCNC)C1)C(=O)C1CCCC(CC(C)C)C1C2=O. The number of Topliss-reactive ketones (excluding diaryl/α,β-unsaturated/α-hetero) is 2. The average molecular weight is 822 g/mol. The summed E-state index contributed by atoms with van der Waals surface area (Å²) in [6.45, 7) is 10.7. The molecule has 4 fully saturated rings. The standard InChI is InChI=1S/C46H75N7O6/c1-7-50-37-25-31-13-9-8-12-30(31)24-35(37)38(16-11-21-54)58-43(57)46-42(56)40-33(22-28(2)3)14-10-15-34(40)41(55)45(46,59-46)19-17-29(4)23-36(53-44(47)49-6)32-18-20-51-39(26-32)52-27-48-5/h9,13,17,25,28,30,32-40,48,50-52,54H,7-8,10-12,14-16,18-24,26-27H2,1-6H3,(H3,47,49,53). The van der Waals surface area contributed by atoms with Gasteiger partial charge in [0.15, 0.2) is 23.1 Å². The van der Waals surface area contributed by atoms with Crippen LogP contribution in [-0.4, -0.2) is 105 Å². The largest absolute Gasteiger partial charge is 0.459 e. The number of epoxide rings is 1. The zero-order valence-electron chi connectivity index (χ0n) is 36.7. The number of esters is 1. The van der Waals surface area contributed by atoms with Crippen LogP contribution in [0.4, 0.5) is 0 Å². The van der Waals surface area contributed by atoms with Crippen molar-refractivity contribution in [1.82, 2.24) is 26.6 Å². The average Bonchev–Trinajstić information content (AvgIpc) is 3.94. The van der Waals surface area contributed by atoms with Crippen LogP contribution in [0.2, 0.25) is 0 Å². The molecule has 0 aromatic carbocycles. The van der Waals surface area contributed by atoms with E-state index >= 15 is 14.4 Å². The minimum atomic E-state index is -1.98. The van der Waals surface area contributed by atoms with E-state index in [0.717, 1.165) is 70.0 Å². The second kappa shape index (κ2) is 20.3. The fourth-order valence-corrected chi connectivity index (χ4v) is 11.5. The highest BCUT2D eigenvalue weighted by Gasteiger charge is 2.87. The van der Waals surface area contributed by atoms with Crippen LogP contribution in [0.1, 0.15) is 111 Å². The highest BCUT2D eigenvalue weighted by atomic mass is 16.7. The third-order valence-electron chi connectivity index (χ3n) is 14.4. The molecule has 6 rings (SSSR count). The molecule has 0 bridgehead atoms. The first-order valence-corrected chi connectivity index (χ1v) is 22.9. The molecule has 13 nitrogen and oxygen atoms in total. The molecule has 2 aliphatic heterocycles. The molecule has 0 aromatic rings. The van der Waals surface area contributed by atoms with E-state index < -0.39 is 35.1 Å². The number of allylic oxidation sites excluding steroid dienone is 3. The lowest BCUT2D eigenvalue weighted by Crippen LogP contribution is -2.60. The maximum Gasteiger partial charge on any atom is 0.350 e. The number of piperidine rings is 1. The highest BCUT2D eigenvalue weighted by molar-refractivity contribution is 6.23. The van der Waals surface area contributed by atoms with Crippen molar-refractivity contribution in [3.05, 3.63) is 35.5 Å². The minimum absolute atomic E-state index is 0.00728. The summed E-state index contributed by atoms with van der Waals surface area (Å²) in [6, 6.07) is -0.0592. The number of nitrogens with zero attached hydrogens (tertiary/aromatic N) is 1. The van der Waals surface area contributed by atoms with Gasteiger partial charge in [-0.25, -0.2) is 4.79 Å². The molecule has 59 heavy (non-hydrogen) atoms. The molecule has 4 aliphatic carbocycles. The van der Waals surface area contributed by atoms with Gasteiger partial charge in [0.25, 0.3) is 5.60 Å². The summed E-state index contributed by atoms with van der Waals surface area (Å²) in [5, 5.41) is 27.3. The Kier molecular flexibility index (Phi) is 15.7. The first kappa shape index (κ1) is 45.6. The number of aliphatic imine (C=N–C) groups is 1. The lowest BCUT2D eigenvalue weighted by atomic mass is 9.57. The summed E-state index contributed by atoms with van der Waals surface area (Å²) < 4.78 is 13.2. The van der Waals surface area contributed by atoms with Crippen LogP contribution >= 0.6 is 0 Å². The van der Waals surface area contributed by atoms with Crippen LogP contribution in [0.15, 0.2) is 40.4 Å². The molecule has 2 heterocycles. The maximum atomic E-state index is 15.2. The molecule has 0 spiro atoms. The normalized spacial score (nSPS) is 35.6. The first-order chi connectivity index (χ1) is 28.4. The second-order valence-electron chi connectivity index (χ2n) is 18.8. The number of aliphatic hydroxyl groups excluding tert-OH is 1. The van der Waals surface area contributed by atoms with Crippen molar-refractivity contribution in [2.45, 2.75) is 147 Å². The van der Waals surface area contributed by atoms with E-state index in [9.17, 15) is 5.11 Å². The zero-order chi connectivity index (χ0) is 42.3. The summed E-state index contributed by atoms with van der Waals surface area (Å²) in [4.78, 5) is 49.5. The summed E-state index contributed by atoms with van der Waals surface area (Å²) in [6.07, 6.45) is 17.9. The number of hydrogen-bond donors (Lipinski definition) is 7. The number of rotatable bonds is 19. The fourth-order valence-electron chi connectivity index (χ4n) is 11.5. The van der Waals surface area contributed by atoms with Gasteiger partial charge in [0.05, 0.1) is 6.17 Å². The van der Waals surface area contributed by atoms with Crippen molar-refractivity contribution in [1.29, 1.82) is 0 Å². The molecule has 13 heteroatoms. The van der Waals surface area contributed by atoms with E-state index in [0.29, 0.717) is 50.1 Å². The maximum absolute atomic E-state index is 15.2. The Hall–Kier alpha value is -2.94. The molecule has 0 radical (unpaired) electrons. The third-order valence-corrected chi connectivity index (χ3v) is 14.4. The smallest absolute Gasteiger partial charge is 0.350 e. The van der Waals surface area contributed by atoms with Gasteiger partial charge < -0.3 is 41.6 Å². The number of ketones is 2. The molecule has 0 amide bonds. The van der Waals surface area contributed by atoms with E-state index in [1.807, 2.05) is 20.0 Å². The van der Waals surface area contributed by atoms with Gasteiger partial charge in [-0.1, -0.05) is 57.1 Å². The van der Waals surface area contributed by atoms with Gasteiger partial charge in [-0.3, -0.25) is 19.9 Å². The zero-order valence-corrected chi connectivity index (χ0v) is 36.7. The number of nitrogens with two attached hydrogens (primary N) is 1. The molecule has 6 aliphatic rings. The molecule has 330 valence electrons. The Labute approximate surface area is 353 Å². The Morgan fingerprint density at radius 1 is 1.17 bits per heavy atom. The van der Waals surface area contributed by atoms with Gasteiger partial charge in [-0.05, 0) is 127 Å². The van der Waals surface area contributed by atoms with E-state index in [2.05, 4.69) is 70.6 Å². The number of carbonyl (C=O) groups is 3. The molecule has 12 atom stereocenters. The Morgan fingerprint density at radius 2 is 1.98 bits per heavy atom. The number of likely N-dealkylation sites (N-methyl/N-ethyl adjacent to an activating group) is 1. The van der Waals surface area contributed by atoms with Crippen molar-refractivity contribution in [2.24, 2.45) is 52.2 Å². The van der Waals surface area contributed by atoms with Crippen LogP contribution in [0.5, 0.6) is 0 Å². The predicted octanol–water partition coefficient (Wildman–Crippen LogP) is 4.02. The van der Waals surface area contributed by atoms with Crippen LogP contribution < -0.4 is 32.3 Å². The van der Waals surface area contributed by atoms with Crippen LogP contribution in [0.3, 0.4) is 0 Å². The molecular weight excluding hydrogens is 747 g/mol. The quantitative estimate of drug-likeness (QED) is 0.0189. The topological polar surface area (TPSA) is 192 Å². The Balaban J connectivity index is 1.30. The number of ether oxygens (including phenoxy) is 2. The van der Waals surface area contributed by atoms with Crippen LogP contribution in [0, 0.1) is 41.4 Å². The molecule has 0 aromatic heterocycles. The van der Waals surface area contributed by atoms with Gasteiger partial charge in [0, 0.05) is 56.6 Å². The third kappa shape index (κ3) is 9.75. The summed E-state index contributed by atoms with van der Waals surface area (Å²) >= 11 is 0. The fraction of sp³-hybridized carbons (Fsp3) is 0.783. The minimum Gasteiger partial charge on any atom is -0.459 e. The second-order valence-corrected chi connectivity index (χ2v) is 18.8. The molecule has 2 saturated heterocycles. The van der Waals surface area contributed by atoms with Crippen molar-refractivity contribution < 1.29 is 29.0 Å². The van der Waals surface area contributed by atoms with Gasteiger partial charge >= 0.3 is 5.97 Å². The summed E-state index contributed by atoms with van der Waals surface area (Å²) in [5.41, 5.74) is 5.00. The molecular formula is C46H75N7O6. The predicted molar refractivity (Wildman–Crippen MR) is 231 cm³/mol. The monoisotopic (exact) mass is 822 g/mol. The van der Waals surface area contributed by atoms with Crippen molar-refractivity contribution >= 4 is 23.5 Å². The first-order valence-electron chi connectivity index (χ1n) is 22.9. The van der Waals surface area contributed by atoms with Crippen LogP contribution in [-0.2, 0) is 23.9 Å². The number of nitrogens with one attached hydrogen (secondary N) is 5. The van der Waals surface area contributed by atoms with Gasteiger partial charge in [0.1, 0.15) is 6.10 Å². The van der Waals surface area contributed by atoms with Gasteiger partial charge in [-0.15, -0.1) is 0 Å². The number of hydrogen-bond acceptors (Lipinski definition) is 11. The molecule has 12 unspecified atom stereocenters. The Bertz CT molecular complexity index is 1610. The van der Waals surface area contributed by atoms with Gasteiger partial charge in [0.2, 0.25) is 0 Å². The lowest BCUT2D eigenvalue weighted by Gasteiger charge is -2.43. The molecule has 8 N–H and O–H groups in total. The highest BCUT2D eigenvalue weighted by Crippen LogP contribution is 2.63. The summed E-state index contributed by atoms with van der Waals surface area (Å²) in [5.74, 6) is -0.865. The van der Waals surface area contributed by atoms with Gasteiger partial charge in [-0.2, -0.15) is 0 Å². The Morgan fingerprint density at radius 3 is 2.71 bits per heavy atom. The van der Waals surface area contributed by atoms with E-state index in [1.54, 1.807) is 7.05 Å². The number of guanidine groups is 1. The van der Waals surface area contributed by atoms with Crippen molar-refractivity contribution in [2.75, 3.05) is 40.5 Å². The lowest BCUT2D eigenvalue weighted by molar-refractivity contribution is -0.167. The van der Waals surface area contributed by atoms with E-state index in [1.165, 1.54) is 5.57 Å². The molecule has 2 saturated carbocycles. The van der Waals surface area contributed by atoms with E-state index in [4.69, 9.17) is 15.2 Å². The number of fused-ring (bicyclic) bond motifs is 3. The van der Waals surface area contributed by atoms with Crippen LogP contribution in [0.25, 0.3) is 0 Å².